The highest BCUT2D eigenvalue weighted by Crippen LogP contribution is 2.27. The number of ether oxygens (including phenoxy) is 1. The zero-order valence-electron chi connectivity index (χ0n) is 13.1. The van der Waals surface area contributed by atoms with E-state index in [2.05, 4.69) is 66.7 Å². The molecule has 0 unspecified atom stereocenters. The van der Waals surface area contributed by atoms with Gasteiger partial charge in [-0.1, -0.05) is 54.6 Å². The van der Waals surface area contributed by atoms with Gasteiger partial charge in [-0.15, -0.1) is 0 Å². The molecule has 0 aromatic heterocycles. The van der Waals surface area contributed by atoms with Gasteiger partial charge in [0, 0.05) is 0 Å². The summed E-state index contributed by atoms with van der Waals surface area (Å²) in [5, 5.41) is 5.22. The molecule has 1 nitrogen and oxygen atoms in total. The molecule has 0 aliphatic heterocycles. The minimum Gasteiger partial charge on any atom is -0.497 e. The molecule has 0 bridgehead atoms. The Bertz CT molecular complexity index is 968. The van der Waals surface area contributed by atoms with Crippen LogP contribution in [-0.2, 0) is 6.42 Å². The second kappa shape index (κ2) is 5.77. The lowest BCUT2D eigenvalue weighted by molar-refractivity contribution is 0.414. The van der Waals surface area contributed by atoms with E-state index in [1.165, 1.54) is 32.7 Å². The molecule has 0 N–H and O–H groups in total. The fourth-order valence-corrected chi connectivity index (χ4v) is 3.15. The molecular formula is C22H18O. The van der Waals surface area contributed by atoms with Gasteiger partial charge in [-0.05, 0) is 63.4 Å². The third-order valence-electron chi connectivity index (χ3n) is 4.39. The molecule has 0 aliphatic rings. The third-order valence-corrected chi connectivity index (χ3v) is 4.39. The average molecular weight is 298 g/mol. The summed E-state index contributed by atoms with van der Waals surface area (Å²) in [6.07, 6.45) is 0.930. The van der Waals surface area contributed by atoms with E-state index < -0.39 is 0 Å². The molecule has 0 aliphatic carbocycles. The Morgan fingerprint density at radius 3 is 2.13 bits per heavy atom. The summed E-state index contributed by atoms with van der Waals surface area (Å²) in [6, 6.07) is 28.0. The first-order valence-corrected chi connectivity index (χ1v) is 7.87. The maximum Gasteiger partial charge on any atom is 0.118 e. The third kappa shape index (κ3) is 2.66. The predicted octanol–water partition coefficient (Wildman–Crippen LogP) is 5.59. The average Bonchev–Trinajstić information content (AvgIpc) is 2.61. The first-order valence-electron chi connectivity index (χ1n) is 7.87. The highest BCUT2D eigenvalue weighted by Gasteiger charge is 2.04. The summed E-state index contributed by atoms with van der Waals surface area (Å²) >= 11 is 0. The number of hydrogen-bond acceptors (Lipinski definition) is 1. The lowest BCUT2D eigenvalue weighted by atomic mass is 9.96. The van der Waals surface area contributed by atoms with Crippen LogP contribution in [0.15, 0.2) is 78.9 Å². The summed E-state index contributed by atoms with van der Waals surface area (Å²) < 4.78 is 5.24. The summed E-state index contributed by atoms with van der Waals surface area (Å²) in [5.74, 6) is 0.901. The van der Waals surface area contributed by atoms with Crippen molar-refractivity contribution in [2.24, 2.45) is 0 Å². The van der Waals surface area contributed by atoms with Crippen LogP contribution >= 0.6 is 0 Å². The van der Waals surface area contributed by atoms with Crippen molar-refractivity contribution in [3.05, 3.63) is 90.0 Å². The topological polar surface area (TPSA) is 9.23 Å². The minimum absolute atomic E-state index is 0.901. The molecule has 0 saturated heterocycles. The number of methoxy groups -OCH3 is 1. The van der Waals surface area contributed by atoms with Gasteiger partial charge in [-0.2, -0.15) is 0 Å². The lowest BCUT2D eigenvalue weighted by Gasteiger charge is -2.09. The molecule has 0 spiro atoms. The molecule has 23 heavy (non-hydrogen) atoms. The van der Waals surface area contributed by atoms with Crippen molar-refractivity contribution in [2.75, 3.05) is 7.11 Å². The second-order valence-corrected chi connectivity index (χ2v) is 5.86. The summed E-state index contributed by atoms with van der Waals surface area (Å²) in [5.41, 5.74) is 2.66. The van der Waals surface area contributed by atoms with Crippen LogP contribution in [0.4, 0.5) is 0 Å². The van der Waals surface area contributed by atoms with E-state index in [0.717, 1.165) is 12.2 Å². The molecule has 1 heteroatoms. The van der Waals surface area contributed by atoms with E-state index in [0.29, 0.717) is 0 Å². The maximum absolute atomic E-state index is 5.24. The van der Waals surface area contributed by atoms with Crippen LogP contribution in [-0.4, -0.2) is 7.11 Å². The summed E-state index contributed by atoms with van der Waals surface area (Å²) in [7, 11) is 1.70. The van der Waals surface area contributed by atoms with Crippen molar-refractivity contribution in [1.29, 1.82) is 0 Å². The van der Waals surface area contributed by atoms with Crippen molar-refractivity contribution >= 4 is 21.5 Å². The van der Waals surface area contributed by atoms with Crippen LogP contribution in [0.3, 0.4) is 0 Å². The second-order valence-electron chi connectivity index (χ2n) is 5.86. The lowest BCUT2D eigenvalue weighted by Crippen LogP contribution is -1.91. The van der Waals surface area contributed by atoms with Crippen LogP contribution < -0.4 is 4.74 Å². The van der Waals surface area contributed by atoms with Crippen LogP contribution in [0.5, 0.6) is 5.75 Å². The van der Waals surface area contributed by atoms with Crippen LogP contribution in [0, 0.1) is 0 Å². The van der Waals surface area contributed by atoms with Crippen molar-refractivity contribution < 1.29 is 4.74 Å². The van der Waals surface area contributed by atoms with Gasteiger partial charge in [0.1, 0.15) is 5.75 Å². The zero-order chi connectivity index (χ0) is 15.6. The molecule has 0 heterocycles. The molecule has 0 amide bonds. The van der Waals surface area contributed by atoms with Crippen LogP contribution in [0.25, 0.3) is 21.5 Å². The van der Waals surface area contributed by atoms with Gasteiger partial charge < -0.3 is 4.74 Å². The van der Waals surface area contributed by atoms with Gasteiger partial charge in [-0.3, -0.25) is 0 Å². The summed E-state index contributed by atoms with van der Waals surface area (Å²) in [4.78, 5) is 0. The largest absolute Gasteiger partial charge is 0.497 e. The van der Waals surface area contributed by atoms with Gasteiger partial charge in [0.15, 0.2) is 0 Å². The van der Waals surface area contributed by atoms with E-state index >= 15 is 0 Å². The molecule has 4 aromatic carbocycles. The maximum atomic E-state index is 5.24. The van der Waals surface area contributed by atoms with Gasteiger partial charge >= 0.3 is 0 Å². The van der Waals surface area contributed by atoms with E-state index in [9.17, 15) is 0 Å². The van der Waals surface area contributed by atoms with Gasteiger partial charge in [0.25, 0.3) is 0 Å². The Morgan fingerprint density at radius 1 is 0.696 bits per heavy atom. The smallest absolute Gasteiger partial charge is 0.118 e. The molecule has 0 atom stereocenters. The Kier molecular flexibility index (Phi) is 3.47. The number of fused-ring (bicyclic) bond motifs is 2. The van der Waals surface area contributed by atoms with Gasteiger partial charge in [-0.25, -0.2) is 0 Å². The monoisotopic (exact) mass is 298 g/mol. The molecule has 0 radical (unpaired) electrons. The standard InChI is InChI=1S/C22H18O/c1-23-21-11-9-16(10-12-21)13-19-7-4-8-20-14-17-5-2-3-6-18(17)15-22(19)20/h2-12,14-15H,13H2,1H3. The van der Waals surface area contributed by atoms with Crippen LogP contribution in [0.1, 0.15) is 11.1 Å². The van der Waals surface area contributed by atoms with E-state index in [1.807, 2.05) is 12.1 Å². The highest BCUT2D eigenvalue weighted by molar-refractivity contribution is 5.99. The SMILES string of the molecule is COc1ccc(Cc2cccc3cc4ccccc4cc23)cc1. The van der Waals surface area contributed by atoms with Crippen molar-refractivity contribution in [3.8, 4) is 5.75 Å². The molecule has 112 valence electrons. The number of hydrogen-bond donors (Lipinski definition) is 0. The fraction of sp³-hybridized carbons (Fsp3) is 0.0909. The van der Waals surface area contributed by atoms with Crippen molar-refractivity contribution in [3.63, 3.8) is 0 Å². The Balaban J connectivity index is 1.80. The van der Waals surface area contributed by atoms with E-state index in [1.54, 1.807) is 7.11 Å². The first kappa shape index (κ1) is 13.8. The quantitative estimate of drug-likeness (QED) is 0.448. The fourth-order valence-electron chi connectivity index (χ4n) is 3.15. The van der Waals surface area contributed by atoms with Gasteiger partial charge in [0.05, 0.1) is 7.11 Å². The molecular weight excluding hydrogens is 280 g/mol. The Labute approximate surface area is 136 Å². The van der Waals surface area contributed by atoms with Crippen molar-refractivity contribution in [2.45, 2.75) is 6.42 Å². The van der Waals surface area contributed by atoms with Gasteiger partial charge in [0.2, 0.25) is 0 Å². The molecule has 0 saturated carbocycles. The highest BCUT2D eigenvalue weighted by atomic mass is 16.5. The molecule has 4 rings (SSSR count). The zero-order valence-corrected chi connectivity index (χ0v) is 13.1. The predicted molar refractivity (Wildman–Crippen MR) is 97.3 cm³/mol. The summed E-state index contributed by atoms with van der Waals surface area (Å²) in [6.45, 7) is 0. The first-order chi connectivity index (χ1) is 11.3. The van der Waals surface area contributed by atoms with E-state index in [-0.39, 0.29) is 0 Å². The van der Waals surface area contributed by atoms with E-state index in [4.69, 9.17) is 4.74 Å². The van der Waals surface area contributed by atoms with Crippen molar-refractivity contribution in [1.82, 2.24) is 0 Å². The Morgan fingerprint density at radius 2 is 1.39 bits per heavy atom. The molecule has 0 fully saturated rings. The number of rotatable bonds is 3. The van der Waals surface area contributed by atoms with Crippen LogP contribution in [0.2, 0.25) is 0 Å². The molecule has 4 aromatic rings. The Hall–Kier alpha value is -2.80. The normalized spacial score (nSPS) is 11.0. The number of benzene rings is 4. The minimum atomic E-state index is 0.901.